The van der Waals surface area contributed by atoms with Crippen LogP contribution in [0.15, 0.2) is 59.2 Å². The van der Waals surface area contributed by atoms with Gasteiger partial charge in [0.25, 0.3) is 5.69 Å². The first kappa shape index (κ1) is 30.0. The Hall–Kier alpha value is -3.47. The van der Waals surface area contributed by atoms with Crippen LogP contribution in [0.3, 0.4) is 0 Å². The van der Waals surface area contributed by atoms with Gasteiger partial charge in [0.05, 0.1) is 33.6 Å². The highest BCUT2D eigenvalue weighted by molar-refractivity contribution is 6.43. The van der Waals surface area contributed by atoms with Crippen LogP contribution in [0.2, 0.25) is 11.3 Å². The van der Waals surface area contributed by atoms with Crippen LogP contribution < -0.4 is 4.90 Å². The van der Waals surface area contributed by atoms with E-state index in [0.717, 1.165) is 33.6 Å². The fourth-order valence-corrected chi connectivity index (χ4v) is 7.00. The zero-order valence-electron chi connectivity index (χ0n) is 23.8. The number of carbonyl (C=O) groups excluding carboxylic acids is 2. The Morgan fingerprint density at radius 2 is 1.98 bits per heavy atom. The van der Waals surface area contributed by atoms with Crippen LogP contribution in [-0.4, -0.2) is 40.1 Å². The third-order valence-electron chi connectivity index (χ3n) is 8.77. The van der Waals surface area contributed by atoms with Gasteiger partial charge in [0, 0.05) is 12.1 Å². The molecule has 1 aliphatic carbocycles. The average molecular weight is 593 g/mol. The maximum atomic E-state index is 13.9. The van der Waals surface area contributed by atoms with Crippen molar-refractivity contribution in [2.24, 2.45) is 23.7 Å². The summed E-state index contributed by atoms with van der Waals surface area (Å²) in [6, 6.07) is 10.4. The number of nitrogens with zero attached hydrogens (tertiary/aromatic N) is 2. The minimum atomic E-state index is -1.09. The van der Waals surface area contributed by atoms with Crippen molar-refractivity contribution in [3.05, 3.63) is 79.9 Å². The number of amides is 2. The third kappa shape index (κ3) is 5.63. The molecule has 2 aromatic rings. The largest absolute Gasteiger partial charge is 0.508 e. The summed E-state index contributed by atoms with van der Waals surface area (Å²) in [6.45, 7) is 6.17. The molecule has 2 amide bonds. The number of nitro benzene ring substituents is 1. The second kappa shape index (κ2) is 12.0. The Balaban J connectivity index is 1.46. The van der Waals surface area contributed by atoms with Gasteiger partial charge in [-0.15, -0.1) is 0 Å². The summed E-state index contributed by atoms with van der Waals surface area (Å²) in [5.74, 6) is -2.21. The van der Waals surface area contributed by atoms with E-state index in [4.69, 9.17) is 16.3 Å². The van der Waals surface area contributed by atoms with E-state index in [1.807, 2.05) is 6.08 Å². The standard InChI is InChI=1S/C31H34BClN2O7/c1-4-18(12-19-9-10-22(36)14-26(19)33)8-11-27-28-23(17(2)3)15-24-29(25(28)16-32(39)42-27)31(38)34(30(24)37)20-6-5-7-21(13-20)35(40)41/h5-7,9-10,12-14,17,24-25,27,29,36,39H,4,8,11,15-16H2,1-3H3/b18-12+/t24-,25+,27-,29-/m1/s1. The highest BCUT2D eigenvalue weighted by Crippen LogP contribution is 2.52. The number of hydrogen-bond donors (Lipinski definition) is 2. The molecule has 5 rings (SSSR count). The molecular formula is C31H34BClN2O7. The number of nitro groups is 1. The van der Waals surface area contributed by atoms with Crippen LogP contribution in [0.1, 0.15) is 52.0 Å². The van der Waals surface area contributed by atoms with Gasteiger partial charge in [-0.25, -0.2) is 4.90 Å². The smallest absolute Gasteiger partial charge is 0.455 e. The summed E-state index contributed by atoms with van der Waals surface area (Å²) in [6.07, 6.45) is 4.17. The Morgan fingerprint density at radius 1 is 1.21 bits per heavy atom. The van der Waals surface area contributed by atoms with Gasteiger partial charge >= 0.3 is 7.12 Å². The number of anilines is 1. The minimum absolute atomic E-state index is 0.0940. The summed E-state index contributed by atoms with van der Waals surface area (Å²) >= 11 is 6.33. The molecule has 11 heteroatoms. The molecule has 2 aliphatic heterocycles. The van der Waals surface area contributed by atoms with E-state index in [-0.39, 0.29) is 47.1 Å². The number of aromatic hydroxyl groups is 1. The van der Waals surface area contributed by atoms with Crippen molar-refractivity contribution in [2.45, 2.75) is 58.9 Å². The van der Waals surface area contributed by atoms with Crippen LogP contribution in [0.25, 0.3) is 6.08 Å². The van der Waals surface area contributed by atoms with Crippen molar-refractivity contribution in [3.8, 4) is 5.75 Å². The molecule has 2 saturated heterocycles. The lowest BCUT2D eigenvalue weighted by atomic mass is 9.57. The van der Waals surface area contributed by atoms with Crippen molar-refractivity contribution in [1.29, 1.82) is 0 Å². The molecule has 2 aromatic carbocycles. The van der Waals surface area contributed by atoms with Crippen molar-refractivity contribution in [2.75, 3.05) is 4.90 Å². The van der Waals surface area contributed by atoms with Gasteiger partial charge in [-0.1, -0.05) is 55.7 Å². The van der Waals surface area contributed by atoms with E-state index in [0.29, 0.717) is 24.3 Å². The van der Waals surface area contributed by atoms with E-state index >= 15 is 0 Å². The first-order chi connectivity index (χ1) is 20.0. The molecule has 0 saturated carbocycles. The van der Waals surface area contributed by atoms with Gasteiger partial charge in [0.1, 0.15) is 5.75 Å². The predicted molar refractivity (Wildman–Crippen MR) is 161 cm³/mol. The number of benzene rings is 2. The molecule has 220 valence electrons. The Morgan fingerprint density at radius 3 is 2.64 bits per heavy atom. The summed E-state index contributed by atoms with van der Waals surface area (Å²) in [4.78, 5) is 39.5. The van der Waals surface area contributed by atoms with Gasteiger partial charge in [0.2, 0.25) is 11.8 Å². The minimum Gasteiger partial charge on any atom is -0.508 e. The van der Waals surface area contributed by atoms with E-state index < -0.39 is 30.0 Å². The molecule has 4 atom stereocenters. The first-order valence-electron chi connectivity index (χ1n) is 14.4. The molecule has 2 N–H and O–H groups in total. The number of phenols is 1. The molecule has 2 fully saturated rings. The second-order valence-electron chi connectivity index (χ2n) is 11.6. The first-order valence-corrected chi connectivity index (χ1v) is 14.7. The topological polar surface area (TPSA) is 130 Å². The Kier molecular flexibility index (Phi) is 8.60. The lowest BCUT2D eigenvalue weighted by molar-refractivity contribution is -0.384. The van der Waals surface area contributed by atoms with Gasteiger partial charge in [-0.2, -0.15) is 0 Å². The maximum Gasteiger partial charge on any atom is 0.455 e. The SMILES string of the molecule is CC/C(=C\c1ccc(O)cc1Cl)CC[C@H]1OB(O)C[C@H]2C1=C(C(C)C)C[C@H]1C(=O)N(c3cccc([N+](=O)[O-])c3)C(=O)[C@H]12. The lowest BCUT2D eigenvalue weighted by Crippen LogP contribution is -2.46. The van der Waals surface area contributed by atoms with Gasteiger partial charge in [-0.3, -0.25) is 19.7 Å². The van der Waals surface area contributed by atoms with Gasteiger partial charge in [0.15, 0.2) is 0 Å². The number of allylic oxidation sites excluding steroid dienone is 2. The zero-order valence-corrected chi connectivity index (χ0v) is 24.6. The number of hydrogen-bond acceptors (Lipinski definition) is 7. The molecule has 3 aliphatic rings. The average Bonchev–Trinajstić information content (AvgIpc) is 3.20. The number of halogens is 1. The fraction of sp³-hybridized carbons (Fsp3) is 0.419. The number of imide groups is 1. The molecule has 0 bridgehead atoms. The van der Waals surface area contributed by atoms with Crippen molar-refractivity contribution in [3.63, 3.8) is 0 Å². The highest BCUT2D eigenvalue weighted by atomic mass is 35.5. The summed E-state index contributed by atoms with van der Waals surface area (Å²) in [5, 5.41) is 32.3. The van der Waals surface area contributed by atoms with E-state index in [1.54, 1.807) is 18.2 Å². The molecule has 0 radical (unpaired) electrons. The molecule has 0 unspecified atom stereocenters. The third-order valence-corrected chi connectivity index (χ3v) is 9.09. The molecule has 0 spiro atoms. The van der Waals surface area contributed by atoms with Crippen molar-refractivity contribution < 1.29 is 29.3 Å². The fourth-order valence-electron chi connectivity index (χ4n) is 6.77. The van der Waals surface area contributed by atoms with E-state index in [2.05, 4.69) is 20.8 Å². The van der Waals surface area contributed by atoms with E-state index in [1.165, 1.54) is 24.3 Å². The quantitative estimate of drug-likeness (QED) is 0.123. The monoisotopic (exact) mass is 592 g/mol. The number of phenolic OH excluding ortho intramolecular Hbond substituents is 1. The van der Waals surface area contributed by atoms with Crippen LogP contribution in [-0.2, 0) is 14.2 Å². The number of non-ortho nitro benzene ring substituents is 1. The highest BCUT2D eigenvalue weighted by Gasteiger charge is 2.58. The van der Waals surface area contributed by atoms with Crippen LogP contribution in [0.4, 0.5) is 11.4 Å². The second-order valence-corrected chi connectivity index (χ2v) is 12.0. The molecule has 0 aromatic heterocycles. The normalized spacial score (nSPS) is 24.4. The Labute approximate surface area is 250 Å². The van der Waals surface area contributed by atoms with Gasteiger partial charge < -0.3 is 14.8 Å². The van der Waals surface area contributed by atoms with Crippen LogP contribution >= 0.6 is 11.6 Å². The maximum absolute atomic E-state index is 13.9. The molecule has 42 heavy (non-hydrogen) atoms. The predicted octanol–water partition coefficient (Wildman–Crippen LogP) is 6.19. The Bertz CT molecular complexity index is 1490. The summed E-state index contributed by atoms with van der Waals surface area (Å²) < 4.78 is 6.11. The summed E-state index contributed by atoms with van der Waals surface area (Å²) in [7, 11) is -1.09. The number of fused-ring (bicyclic) bond motifs is 3. The zero-order chi connectivity index (χ0) is 30.3. The molecular weight excluding hydrogens is 559 g/mol. The van der Waals surface area contributed by atoms with Crippen molar-refractivity contribution in [1.82, 2.24) is 0 Å². The lowest BCUT2D eigenvalue weighted by Gasteiger charge is -2.44. The van der Waals surface area contributed by atoms with Crippen molar-refractivity contribution >= 4 is 48.0 Å². The van der Waals surface area contributed by atoms with Gasteiger partial charge in [-0.05, 0) is 79.2 Å². The number of carbonyl (C=O) groups is 2. The van der Waals surface area contributed by atoms with E-state index in [9.17, 15) is 29.8 Å². The van der Waals surface area contributed by atoms with Crippen LogP contribution in [0.5, 0.6) is 5.75 Å². The number of rotatable bonds is 8. The summed E-state index contributed by atoms with van der Waals surface area (Å²) in [5.41, 5.74) is 3.98. The molecule has 2 heterocycles. The van der Waals surface area contributed by atoms with Crippen LogP contribution in [0, 0.1) is 33.8 Å². The molecule has 9 nitrogen and oxygen atoms in total.